The zero-order valence-electron chi connectivity index (χ0n) is 15.6. The molecule has 138 valence electrons. The van der Waals surface area contributed by atoms with Crippen LogP contribution in [-0.4, -0.2) is 40.1 Å². The summed E-state index contributed by atoms with van der Waals surface area (Å²) in [7, 11) is 1.69. The van der Waals surface area contributed by atoms with Gasteiger partial charge in [0.25, 0.3) is 0 Å². The fourth-order valence-electron chi connectivity index (χ4n) is 3.81. The number of hydrogen-bond donors (Lipinski definition) is 0. The third-order valence-electron chi connectivity index (χ3n) is 5.09. The molecule has 0 aliphatic carbocycles. The average Bonchev–Trinajstić information content (AvgIpc) is 2.75. The van der Waals surface area contributed by atoms with Gasteiger partial charge in [-0.15, -0.1) is 0 Å². The zero-order valence-corrected chi connectivity index (χ0v) is 15.6. The molecule has 0 N–H and O–H groups in total. The van der Waals surface area contributed by atoms with Crippen LogP contribution in [0.3, 0.4) is 0 Å². The van der Waals surface area contributed by atoms with Crippen molar-refractivity contribution in [3.63, 3.8) is 0 Å². The summed E-state index contributed by atoms with van der Waals surface area (Å²) in [6.07, 6.45) is 9.65. The molecule has 0 saturated carbocycles. The Kier molecular flexibility index (Phi) is 5.39. The molecule has 5 nitrogen and oxygen atoms in total. The first-order chi connectivity index (χ1) is 13.3. The van der Waals surface area contributed by atoms with E-state index in [0.717, 1.165) is 48.8 Å². The van der Waals surface area contributed by atoms with Crippen molar-refractivity contribution in [2.24, 2.45) is 0 Å². The number of piperidine rings is 1. The molecule has 27 heavy (non-hydrogen) atoms. The molecule has 0 amide bonds. The predicted molar refractivity (Wildman–Crippen MR) is 106 cm³/mol. The minimum Gasteiger partial charge on any atom is -0.497 e. The summed E-state index contributed by atoms with van der Waals surface area (Å²) in [5.74, 6) is 1.22. The first-order valence-electron chi connectivity index (χ1n) is 9.40. The van der Waals surface area contributed by atoms with Crippen molar-refractivity contribution in [2.75, 3.05) is 20.2 Å². The smallest absolute Gasteiger partial charge is 0.119 e. The Morgan fingerprint density at radius 2 is 2.04 bits per heavy atom. The van der Waals surface area contributed by atoms with E-state index in [0.29, 0.717) is 5.92 Å². The lowest BCUT2D eigenvalue weighted by Crippen LogP contribution is -2.34. The molecule has 3 heterocycles. The largest absolute Gasteiger partial charge is 0.497 e. The molecule has 5 heteroatoms. The molecule has 3 aromatic rings. The number of methoxy groups -OCH3 is 1. The number of likely N-dealkylation sites (tertiary alicyclic amines) is 1. The van der Waals surface area contributed by atoms with Crippen LogP contribution in [0.2, 0.25) is 0 Å². The Labute approximate surface area is 160 Å². The second kappa shape index (κ2) is 8.27. The van der Waals surface area contributed by atoms with E-state index in [1.54, 1.807) is 19.5 Å². The van der Waals surface area contributed by atoms with Gasteiger partial charge in [-0.3, -0.25) is 19.9 Å². The predicted octanol–water partition coefficient (Wildman–Crippen LogP) is 3.93. The first-order valence-corrected chi connectivity index (χ1v) is 9.40. The van der Waals surface area contributed by atoms with E-state index < -0.39 is 0 Å². The van der Waals surface area contributed by atoms with Crippen LogP contribution in [0.25, 0.3) is 11.3 Å². The molecule has 2 aromatic heterocycles. The lowest BCUT2D eigenvalue weighted by molar-refractivity contribution is 0.198. The van der Waals surface area contributed by atoms with Gasteiger partial charge in [-0.25, -0.2) is 0 Å². The van der Waals surface area contributed by atoms with Crippen molar-refractivity contribution in [1.29, 1.82) is 0 Å². The molecule has 1 aromatic carbocycles. The van der Waals surface area contributed by atoms with Crippen LogP contribution in [0.4, 0.5) is 0 Å². The van der Waals surface area contributed by atoms with Crippen LogP contribution >= 0.6 is 0 Å². The molecule has 1 unspecified atom stereocenters. The Morgan fingerprint density at radius 3 is 2.89 bits per heavy atom. The van der Waals surface area contributed by atoms with Crippen LogP contribution in [0.15, 0.2) is 61.2 Å². The monoisotopic (exact) mass is 360 g/mol. The van der Waals surface area contributed by atoms with Crippen LogP contribution in [0.1, 0.15) is 30.0 Å². The van der Waals surface area contributed by atoms with Crippen LogP contribution in [0.5, 0.6) is 5.75 Å². The van der Waals surface area contributed by atoms with Crippen molar-refractivity contribution in [1.82, 2.24) is 19.9 Å². The molecule has 1 aliphatic rings. The maximum Gasteiger partial charge on any atom is 0.119 e. The number of benzene rings is 1. The van der Waals surface area contributed by atoms with Crippen molar-refractivity contribution in [2.45, 2.75) is 25.3 Å². The maximum atomic E-state index is 5.38. The quantitative estimate of drug-likeness (QED) is 0.690. The highest BCUT2D eigenvalue weighted by Crippen LogP contribution is 2.33. The van der Waals surface area contributed by atoms with Gasteiger partial charge in [0.2, 0.25) is 0 Å². The van der Waals surface area contributed by atoms with Gasteiger partial charge in [-0.2, -0.15) is 0 Å². The van der Waals surface area contributed by atoms with Gasteiger partial charge in [-0.1, -0.05) is 18.2 Å². The van der Waals surface area contributed by atoms with Crippen LogP contribution in [0, 0.1) is 0 Å². The average molecular weight is 360 g/mol. The highest BCUT2D eigenvalue weighted by atomic mass is 16.5. The number of aromatic nitrogens is 3. The van der Waals surface area contributed by atoms with Gasteiger partial charge in [0.1, 0.15) is 5.75 Å². The van der Waals surface area contributed by atoms with Gasteiger partial charge < -0.3 is 4.74 Å². The number of pyridine rings is 1. The summed E-state index contributed by atoms with van der Waals surface area (Å²) in [4.78, 5) is 16.1. The normalized spacial score (nSPS) is 17.6. The Morgan fingerprint density at radius 1 is 1.11 bits per heavy atom. The lowest BCUT2D eigenvalue weighted by Gasteiger charge is -2.33. The van der Waals surface area contributed by atoms with Crippen molar-refractivity contribution in [3.05, 3.63) is 72.4 Å². The molecule has 0 spiro atoms. The Balaban J connectivity index is 1.57. The molecule has 1 fully saturated rings. The minimum absolute atomic E-state index is 0.380. The molecule has 4 rings (SSSR count). The zero-order chi connectivity index (χ0) is 18.5. The van der Waals surface area contributed by atoms with E-state index in [1.165, 1.54) is 12.0 Å². The third-order valence-corrected chi connectivity index (χ3v) is 5.09. The van der Waals surface area contributed by atoms with Gasteiger partial charge in [-0.05, 0) is 43.1 Å². The summed E-state index contributed by atoms with van der Waals surface area (Å²) in [6.45, 7) is 3.03. The second-order valence-corrected chi connectivity index (χ2v) is 6.96. The van der Waals surface area contributed by atoms with Crippen molar-refractivity contribution < 1.29 is 4.74 Å². The lowest BCUT2D eigenvalue weighted by atomic mass is 9.91. The number of nitrogens with zero attached hydrogens (tertiary/aromatic N) is 4. The molecule has 1 atom stereocenters. The number of rotatable bonds is 5. The summed E-state index contributed by atoms with van der Waals surface area (Å²) in [6, 6.07) is 12.2. The minimum atomic E-state index is 0.380. The molecular formula is C22H24N4O. The van der Waals surface area contributed by atoms with E-state index in [9.17, 15) is 0 Å². The number of hydrogen-bond acceptors (Lipinski definition) is 5. The van der Waals surface area contributed by atoms with E-state index >= 15 is 0 Å². The highest BCUT2D eigenvalue weighted by Gasteiger charge is 2.25. The summed E-state index contributed by atoms with van der Waals surface area (Å²) in [5.41, 5.74) is 4.36. The molecule has 1 aliphatic heterocycles. The van der Waals surface area contributed by atoms with Crippen molar-refractivity contribution in [3.8, 4) is 17.0 Å². The molecule has 0 radical (unpaired) electrons. The fourth-order valence-corrected chi connectivity index (χ4v) is 3.81. The Hall–Kier alpha value is -2.79. The van der Waals surface area contributed by atoms with Crippen LogP contribution in [-0.2, 0) is 6.54 Å². The van der Waals surface area contributed by atoms with Gasteiger partial charge in [0.15, 0.2) is 0 Å². The van der Waals surface area contributed by atoms with E-state index in [4.69, 9.17) is 9.72 Å². The fraction of sp³-hybridized carbons (Fsp3) is 0.318. The van der Waals surface area contributed by atoms with Crippen LogP contribution < -0.4 is 4.74 Å². The standard InChI is InChI=1S/C22H24N4O/c1-27-20-8-2-6-18(13-20)21-22(25-11-10-24-21)19-7-4-12-26(16-19)15-17-5-3-9-23-14-17/h2-3,5-6,8-11,13-14,19H,4,7,12,15-16H2,1H3. The Bertz CT molecular complexity index is 884. The molecule has 1 saturated heterocycles. The summed E-state index contributed by atoms with van der Waals surface area (Å²) < 4.78 is 5.38. The first kappa shape index (κ1) is 17.6. The topological polar surface area (TPSA) is 51.1 Å². The maximum absolute atomic E-state index is 5.38. The van der Waals surface area contributed by atoms with Crippen molar-refractivity contribution >= 4 is 0 Å². The second-order valence-electron chi connectivity index (χ2n) is 6.96. The third kappa shape index (κ3) is 4.14. The summed E-state index contributed by atoms with van der Waals surface area (Å²) >= 11 is 0. The number of ether oxygens (including phenoxy) is 1. The van der Waals surface area contributed by atoms with Gasteiger partial charge >= 0.3 is 0 Å². The summed E-state index contributed by atoms with van der Waals surface area (Å²) in [5, 5.41) is 0. The SMILES string of the molecule is COc1cccc(-c2nccnc2C2CCCN(Cc3cccnc3)C2)c1. The van der Waals surface area contributed by atoms with E-state index in [2.05, 4.69) is 27.0 Å². The van der Waals surface area contributed by atoms with E-state index in [-0.39, 0.29) is 0 Å². The molecular weight excluding hydrogens is 336 g/mol. The van der Waals surface area contributed by atoms with Gasteiger partial charge in [0, 0.05) is 49.4 Å². The van der Waals surface area contributed by atoms with Gasteiger partial charge in [0.05, 0.1) is 18.5 Å². The highest BCUT2D eigenvalue weighted by molar-refractivity contribution is 5.64. The van der Waals surface area contributed by atoms with E-state index in [1.807, 2.05) is 36.7 Å². The molecule has 0 bridgehead atoms.